The van der Waals surface area contributed by atoms with Gasteiger partial charge in [0.25, 0.3) is 0 Å². The topological polar surface area (TPSA) is 35.5 Å². The lowest BCUT2D eigenvalue weighted by Gasteiger charge is -2.21. The minimum Gasteiger partial charge on any atom is -0.396 e. The van der Waals surface area contributed by atoms with Crippen LogP contribution >= 0.6 is 0 Å². The van der Waals surface area contributed by atoms with E-state index < -0.39 is 0 Å². The molecule has 0 unspecified atom stereocenters. The summed E-state index contributed by atoms with van der Waals surface area (Å²) in [6.45, 7) is 5.67. The van der Waals surface area contributed by atoms with Crippen molar-refractivity contribution < 1.29 is 5.11 Å². The van der Waals surface area contributed by atoms with E-state index in [0.717, 1.165) is 26.2 Å². The van der Waals surface area contributed by atoms with Gasteiger partial charge in [-0.2, -0.15) is 0 Å². The van der Waals surface area contributed by atoms with Crippen molar-refractivity contribution in [3.05, 3.63) is 0 Å². The molecular formula is C7H16N2O. The molecule has 1 aliphatic rings. The van der Waals surface area contributed by atoms with Crippen molar-refractivity contribution in [3.63, 3.8) is 0 Å². The second-order valence-corrected chi connectivity index (χ2v) is 2.83. The molecule has 0 aromatic heterocycles. The van der Waals surface area contributed by atoms with E-state index in [2.05, 4.69) is 17.1 Å². The van der Waals surface area contributed by atoms with E-state index in [1.54, 1.807) is 0 Å². The normalized spacial score (nSPS) is 23.4. The zero-order valence-corrected chi connectivity index (χ0v) is 6.51. The lowest BCUT2D eigenvalue weighted by molar-refractivity contribution is 0.194. The highest BCUT2D eigenvalue weighted by Gasteiger charge is 2.16. The Morgan fingerprint density at radius 3 is 3.00 bits per heavy atom. The number of rotatable bonds is 3. The maximum atomic E-state index is 8.65. The average molecular weight is 144 g/mol. The van der Waals surface area contributed by atoms with Gasteiger partial charge >= 0.3 is 0 Å². The Hall–Kier alpha value is -0.120. The van der Waals surface area contributed by atoms with Crippen molar-refractivity contribution in [1.29, 1.82) is 0 Å². The summed E-state index contributed by atoms with van der Waals surface area (Å²) < 4.78 is 0. The average Bonchev–Trinajstić information content (AvgIpc) is 2.38. The lowest BCUT2D eigenvalue weighted by atomic mass is 10.2. The van der Waals surface area contributed by atoms with Crippen LogP contribution in [0.1, 0.15) is 13.3 Å². The van der Waals surface area contributed by atoms with Gasteiger partial charge < -0.3 is 10.4 Å². The van der Waals surface area contributed by atoms with Gasteiger partial charge in [0.05, 0.1) is 0 Å². The first kappa shape index (κ1) is 7.98. The van der Waals surface area contributed by atoms with Gasteiger partial charge in [-0.3, -0.25) is 4.90 Å². The molecule has 1 aliphatic heterocycles. The Labute approximate surface area is 62.0 Å². The summed E-state index contributed by atoms with van der Waals surface area (Å²) >= 11 is 0. The van der Waals surface area contributed by atoms with Crippen LogP contribution in [0.2, 0.25) is 0 Å². The molecule has 1 atom stereocenters. The molecule has 0 amide bonds. The predicted octanol–water partition coefficient (Wildman–Crippen LogP) is -0.380. The Morgan fingerprint density at radius 1 is 1.70 bits per heavy atom. The van der Waals surface area contributed by atoms with Crippen LogP contribution in [0.25, 0.3) is 0 Å². The molecule has 1 rings (SSSR count). The first-order valence-corrected chi connectivity index (χ1v) is 3.90. The van der Waals surface area contributed by atoms with Crippen LogP contribution in [-0.2, 0) is 0 Å². The fourth-order valence-corrected chi connectivity index (χ4v) is 1.27. The summed E-state index contributed by atoms with van der Waals surface area (Å²) in [5.41, 5.74) is 0. The van der Waals surface area contributed by atoms with E-state index in [-0.39, 0.29) is 0 Å². The highest BCUT2D eigenvalue weighted by atomic mass is 16.3. The third kappa shape index (κ3) is 1.94. The molecular weight excluding hydrogens is 128 g/mol. The van der Waals surface area contributed by atoms with E-state index in [0.29, 0.717) is 12.6 Å². The molecule has 3 heteroatoms. The second-order valence-electron chi connectivity index (χ2n) is 2.83. The molecule has 0 aromatic carbocycles. The molecule has 0 aromatic rings. The zero-order chi connectivity index (χ0) is 7.40. The van der Waals surface area contributed by atoms with E-state index in [1.807, 2.05) is 0 Å². The Balaban J connectivity index is 2.18. The predicted molar refractivity (Wildman–Crippen MR) is 40.7 cm³/mol. The monoisotopic (exact) mass is 144 g/mol. The zero-order valence-electron chi connectivity index (χ0n) is 6.51. The lowest BCUT2D eigenvalue weighted by Crippen LogP contribution is -2.32. The van der Waals surface area contributed by atoms with Crippen molar-refractivity contribution in [3.8, 4) is 0 Å². The van der Waals surface area contributed by atoms with Gasteiger partial charge in [-0.1, -0.05) is 0 Å². The number of nitrogens with one attached hydrogen (secondary N) is 1. The van der Waals surface area contributed by atoms with E-state index in [4.69, 9.17) is 5.11 Å². The van der Waals surface area contributed by atoms with E-state index >= 15 is 0 Å². The van der Waals surface area contributed by atoms with Gasteiger partial charge in [-0.05, 0) is 13.3 Å². The van der Waals surface area contributed by atoms with Crippen LogP contribution in [0.4, 0.5) is 0 Å². The standard InChI is InChI=1S/C7H16N2O/c1-7(2-5-10)9-4-3-8-6-9/h7-8,10H,2-6H2,1H3/t7-/m0/s1. The first-order chi connectivity index (χ1) is 4.84. The maximum Gasteiger partial charge on any atom is 0.0484 e. The molecule has 1 fully saturated rings. The number of aliphatic hydroxyl groups excluding tert-OH is 1. The van der Waals surface area contributed by atoms with Crippen LogP contribution in [-0.4, -0.2) is 42.4 Å². The SMILES string of the molecule is C[C@@H](CCO)N1CCNC1. The summed E-state index contributed by atoms with van der Waals surface area (Å²) in [6, 6.07) is 0.528. The van der Waals surface area contributed by atoms with Gasteiger partial charge in [-0.15, -0.1) is 0 Å². The third-order valence-corrected chi connectivity index (χ3v) is 2.06. The van der Waals surface area contributed by atoms with Crippen LogP contribution in [0.5, 0.6) is 0 Å². The summed E-state index contributed by atoms with van der Waals surface area (Å²) in [4.78, 5) is 2.34. The fraction of sp³-hybridized carbons (Fsp3) is 1.00. The number of aliphatic hydroxyl groups is 1. The maximum absolute atomic E-state index is 8.65. The fourth-order valence-electron chi connectivity index (χ4n) is 1.27. The van der Waals surface area contributed by atoms with Gasteiger partial charge in [0.15, 0.2) is 0 Å². The Bertz CT molecular complexity index is 91.6. The highest BCUT2D eigenvalue weighted by Crippen LogP contribution is 2.03. The number of nitrogens with zero attached hydrogens (tertiary/aromatic N) is 1. The molecule has 1 heterocycles. The largest absolute Gasteiger partial charge is 0.396 e. The van der Waals surface area contributed by atoms with Gasteiger partial charge in [0, 0.05) is 32.4 Å². The van der Waals surface area contributed by atoms with Crippen molar-refractivity contribution in [2.45, 2.75) is 19.4 Å². The minimum absolute atomic E-state index is 0.303. The molecule has 0 aliphatic carbocycles. The van der Waals surface area contributed by atoms with Crippen LogP contribution in [0, 0.1) is 0 Å². The van der Waals surface area contributed by atoms with Crippen molar-refractivity contribution in [2.24, 2.45) is 0 Å². The van der Waals surface area contributed by atoms with E-state index in [9.17, 15) is 0 Å². The molecule has 10 heavy (non-hydrogen) atoms. The van der Waals surface area contributed by atoms with Crippen molar-refractivity contribution in [1.82, 2.24) is 10.2 Å². The Kier molecular flexibility index (Phi) is 3.12. The number of hydrogen-bond acceptors (Lipinski definition) is 3. The second kappa shape index (κ2) is 3.91. The minimum atomic E-state index is 0.303. The first-order valence-electron chi connectivity index (χ1n) is 3.90. The highest BCUT2D eigenvalue weighted by molar-refractivity contribution is 4.71. The number of hydrogen-bond donors (Lipinski definition) is 2. The molecule has 0 spiro atoms. The van der Waals surface area contributed by atoms with Crippen LogP contribution in [0.3, 0.4) is 0 Å². The molecule has 1 saturated heterocycles. The molecule has 0 saturated carbocycles. The quantitative estimate of drug-likeness (QED) is 0.567. The van der Waals surface area contributed by atoms with Crippen molar-refractivity contribution in [2.75, 3.05) is 26.4 Å². The Morgan fingerprint density at radius 2 is 2.50 bits per heavy atom. The van der Waals surface area contributed by atoms with Crippen LogP contribution in [0.15, 0.2) is 0 Å². The molecule has 0 bridgehead atoms. The summed E-state index contributed by atoms with van der Waals surface area (Å²) in [5, 5.41) is 11.9. The smallest absolute Gasteiger partial charge is 0.0484 e. The molecule has 3 nitrogen and oxygen atoms in total. The molecule has 2 N–H and O–H groups in total. The molecule has 0 radical (unpaired) electrons. The van der Waals surface area contributed by atoms with E-state index in [1.165, 1.54) is 0 Å². The van der Waals surface area contributed by atoms with Gasteiger partial charge in [0.1, 0.15) is 0 Å². The third-order valence-electron chi connectivity index (χ3n) is 2.06. The van der Waals surface area contributed by atoms with Gasteiger partial charge in [0.2, 0.25) is 0 Å². The summed E-state index contributed by atoms with van der Waals surface area (Å²) in [6.07, 6.45) is 0.891. The molecule has 60 valence electrons. The summed E-state index contributed by atoms with van der Waals surface area (Å²) in [5.74, 6) is 0. The van der Waals surface area contributed by atoms with Crippen molar-refractivity contribution >= 4 is 0 Å². The summed E-state index contributed by atoms with van der Waals surface area (Å²) in [7, 11) is 0. The van der Waals surface area contributed by atoms with Gasteiger partial charge in [-0.25, -0.2) is 0 Å². The van der Waals surface area contributed by atoms with Crippen LogP contribution < -0.4 is 5.32 Å².